The molecule has 1 aliphatic heterocycles. The number of hydrogen-bond acceptors (Lipinski definition) is 8. The lowest BCUT2D eigenvalue weighted by Gasteiger charge is -2.33. The van der Waals surface area contributed by atoms with E-state index in [0.29, 0.717) is 70.4 Å². The predicted octanol–water partition coefficient (Wildman–Crippen LogP) is 5.33. The van der Waals surface area contributed by atoms with E-state index in [1.54, 1.807) is 43.5 Å². The van der Waals surface area contributed by atoms with Gasteiger partial charge in [0.15, 0.2) is 0 Å². The summed E-state index contributed by atoms with van der Waals surface area (Å²) in [6.07, 6.45) is -6.07. The van der Waals surface area contributed by atoms with E-state index in [0.717, 1.165) is 6.54 Å². The van der Waals surface area contributed by atoms with E-state index < -0.39 is 24.8 Å². The van der Waals surface area contributed by atoms with Gasteiger partial charge in [-0.05, 0) is 48.7 Å². The Bertz CT molecular complexity index is 1500. The van der Waals surface area contributed by atoms with Gasteiger partial charge in [-0.2, -0.15) is 13.2 Å². The van der Waals surface area contributed by atoms with Gasteiger partial charge in [0, 0.05) is 32.8 Å². The molecule has 0 bridgehead atoms. The Morgan fingerprint density at radius 3 is 2.67 bits per heavy atom. The summed E-state index contributed by atoms with van der Waals surface area (Å²) in [5.41, 5.74) is 1.67. The number of thiophene rings is 1. The number of anilines is 2. The maximum absolute atomic E-state index is 14.8. The van der Waals surface area contributed by atoms with Gasteiger partial charge in [-0.3, -0.25) is 4.79 Å². The highest BCUT2D eigenvalue weighted by Crippen LogP contribution is 2.39. The van der Waals surface area contributed by atoms with Crippen molar-refractivity contribution in [3.8, 4) is 17.6 Å². The molecule has 244 valence electrons. The van der Waals surface area contributed by atoms with E-state index >= 15 is 0 Å². The second-order valence-electron chi connectivity index (χ2n) is 10.6. The van der Waals surface area contributed by atoms with Gasteiger partial charge in [0.2, 0.25) is 0 Å². The zero-order valence-corrected chi connectivity index (χ0v) is 26.3. The highest BCUT2D eigenvalue weighted by Gasteiger charge is 2.32. The molecule has 45 heavy (non-hydrogen) atoms. The fourth-order valence-corrected chi connectivity index (χ4v) is 6.14. The Labute approximate surface area is 264 Å². The highest BCUT2D eigenvalue weighted by molar-refractivity contribution is 7.20. The second-order valence-corrected chi connectivity index (χ2v) is 11.6. The first kappa shape index (κ1) is 34.3. The molecule has 2 atom stereocenters. The molecule has 1 saturated heterocycles. The van der Waals surface area contributed by atoms with Crippen molar-refractivity contribution in [2.75, 3.05) is 77.9 Å². The molecule has 4 rings (SSSR count). The van der Waals surface area contributed by atoms with Crippen molar-refractivity contribution in [3.63, 3.8) is 0 Å². The van der Waals surface area contributed by atoms with E-state index in [9.17, 15) is 22.4 Å². The van der Waals surface area contributed by atoms with Crippen molar-refractivity contribution >= 4 is 38.7 Å². The van der Waals surface area contributed by atoms with Crippen LogP contribution in [0.4, 0.5) is 28.9 Å². The van der Waals surface area contributed by atoms with Gasteiger partial charge in [0.05, 0.1) is 59.8 Å². The molecule has 3 aromatic rings. The normalized spacial score (nSPS) is 17.0. The molecular weight excluding hydrogens is 612 g/mol. The molecular formula is C32H38F4N4O4S. The summed E-state index contributed by atoms with van der Waals surface area (Å²) in [6.45, 7) is 2.52. The summed E-state index contributed by atoms with van der Waals surface area (Å²) in [5, 5.41) is 9.41. The third-order valence-corrected chi connectivity index (χ3v) is 8.43. The quantitative estimate of drug-likeness (QED) is 0.131. The number of piperidine rings is 1. The summed E-state index contributed by atoms with van der Waals surface area (Å²) in [4.78, 5) is 14.4. The number of benzene rings is 2. The van der Waals surface area contributed by atoms with E-state index in [1.807, 2.05) is 11.9 Å². The van der Waals surface area contributed by atoms with Gasteiger partial charge in [-0.15, -0.1) is 11.3 Å². The summed E-state index contributed by atoms with van der Waals surface area (Å²) in [6, 6.07) is 9.59. The van der Waals surface area contributed by atoms with Crippen molar-refractivity contribution in [2.45, 2.75) is 31.2 Å². The lowest BCUT2D eigenvalue weighted by molar-refractivity contribution is -0.126. The van der Waals surface area contributed by atoms with Gasteiger partial charge in [-0.25, -0.2) is 4.39 Å². The smallest absolute Gasteiger partial charge is 0.393 e. The number of nitrogens with zero attached hydrogens (tertiary/aromatic N) is 1. The van der Waals surface area contributed by atoms with E-state index in [-0.39, 0.29) is 24.6 Å². The van der Waals surface area contributed by atoms with Gasteiger partial charge >= 0.3 is 6.18 Å². The highest BCUT2D eigenvalue weighted by atomic mass is 32.1. The Morgan fingerprint density at radius 1 is 1.13 bits per heavy atom. The molecule has 1 aromatic heterocycles. The number of rotatable bonds is 13. The number of ether oxygens (including phenoxy) is 3. The maximum atomic E-state index is 14.8. The molecule has 3 N–H and O–H groups in total. The van der Waals surface area contributed by atoms with Crippen LogP contribution in [-0.2, 0) is 15.9 Å². The SMILES string of the molecule is CNC(=O)c1ccc(NCC#Cc2sc3c(NC4CCN(C)CC4F)cccc3c2CC(F)(F)F)c(OCCOCCOC)c1. The fourth-order valence-electron chi connectivity index (χ4n) is 4.97. The molecule has 0 saturated carbocycles. The Morgan fingerprint density at radius 2 is 1.93 bits per heavy atom. The third-order valence-electron chi connectivity index (χ3n) is 7.24. The number of amides is 1. The number of halogens is 4. The maximum Gasteiger partial charge on any atom is 0.393 e. The zero-order chi connectivity index (χ0) is 32.4. The standard InChI is InChI=1S/C32H38F4N4O4S/c1-37-31(41)21-9-10-26(28(18-21)44-17-16-43-15-14-42-3)38-12-5-8-29-23(19-32(34,35)36)22-6-4-7-27(30(22)45-29)39-25-11-13-40(2)20-24(25)33/h4,6-7,9-10,18,24-25,38-39H,11-17,19-20H2,1-3H3,(H,37,41). The minimum Gasteiger partial charge on any atom is -0.489 e. The molecule has 0 radical (unpaired) electrons. The van der Waals surface area contributed by atoms with Crippen LogP contribution in [0.25, 0.3) is 10.1 Å². The zero-order valence-electron chi connectivity index (χ0n) is 25.5. The number of carbonyl (C=O) groups excluding carboxylic acids is 1. The summed E-state index contributed by atoms with van der Waals surface area (Å²) < 4.78 is 72.6. The topological polar surface area (TPSA) is 84.1 Å². The van der Waals surface area contributed by atoms with E-state index in [4.69, 9.17) is 14.2 Å². The molecule has 13 heteroatoms. The van der Waals surface area contributed by atoms with Crippen LogP contribution in [0.5, 0.6) is 5.75 Å². The van der Waals surface area contributed by atoms with Crippen molar-refractivity contribution < 1.29 is 36.6 Å². The molecule has 2 aromatic carbocycles. The average molecular weight is 651 g/mol. The lowest BCUT2D eigenvalue weighted by atomic mass is 10.0. The van der Waals surface area contributed by atoms with Crippen LogP contribution < -0.4 is 20.7 Å². The van der Waals surface area contributed by atoms with Crippen molar-refractivity contribution in [2.24, 2.45) is 0 Å². The first-order chi connectivity index (χ1) is 21.6. The van der Waals surface area contributed by atoms with Gasteiger partial charge in [0.1, 0.15) is 18.5 Å². The molecule has 1 fully saturated rings. The van der Waals surface area contributed by atoms with Crippen LogP contribution in [0.15, 0.2) is 36.4 Å². The Balaban J connectivity index is 1.54. The van der Waals surface area contributed by atoms with Crippen LogP contribution in [0, 0.1) is 11.8 Å². The Hall–Kier alpha value is -3.57. The largest absolute Gasteiger partial charge is 0.489 e. The van der Waals surface area contributed by atoms with Crippen LogP contribution in [0.1, 0.15) is 27.2 Å². The van der Waals surface area contributed by atoms with Crippen LogP contribution >= 0.6 is 11.3 Å². The molecule has 1 amide bonds. The molecule has 8 nitrogen and oxygen atoms in total. The van der Waals surface area contributed by atoms with E-state index in [1.165, 1.54) is 18.4 Å². The molecule has 0 spiro atoms. The van der Waals surface area contributed by atoms with Crippen LogP contribution in [0.3, 0.4) is 0 Å². The predicted molar refractivity (Wildman–Crippen MR) is 169 cm³/mol. The fraction of sp³-hybridized carbons (Fsp3) is 0.469. The van der Waals surface area contributed by atoms with Crippen LogP contribution in [0.2, 0.25) is 0 Å². The number of alkyl halides is 4. The van der Waals surface area contributed by atoms with Crippen molar-refractivity contribution in [3.05, 3.63) is 52.4 Å². The minimum atomic E-state index is -4.43. The summed E-state index contributed by atoms with van der Waals surface area (Å²) in [7, 11) is 4.97. The number of nitrogens with one attached hydrogen (secondary N) is 3. The minimum absolute atomic E-state index is 0.101. The van der Waals surface area contributed by atoms with Gasteiger partial charge in [0.25, 0.3) is 5.91 Å². The van der Waals surface area contributed by atoms with Crippen LogP contribution in [-0.4, -0.2) is 96.5 Å². The molecule has 0 aliphatic carbocycles. The Kier molecular flexibility index (Phi) is 12.3. The average Bonchev–Trinajstić information content (AvgIpc) is 3.34. The molecule has 2 heterocycles. The lowest BCUT2D eigenvalue weighted by Crippen LogP contribution is -2.46. The molecule has 1 aliphatic rings. The number of hydrogen-bond donors (Lipinski definition) is 3. The first-order valence-electron chi connectivity index (χ1n) is 14.6. The van der Waals surface area contributed by atoms with Gasteiger partial charge < -0.3 is 35.1 Å². The second kappa shape index (κ2) is 16.1. The summed E-state index contributed by atoms with van der Waals surface area (Å²) in [5.74, 6) is 6.00. The third kappa shape index (κ3) is 9.71. The van der Waals surface area contributed by atoms with Gasteiger partial charge in [-0.1, -0.05) is 24.0 Å². The number of methoxy groups -OCH3 is 1. The number of carbonyl (C=O) groups is 1. The first-order valence-corrected chi connectivity index (χ1v) is 15.4. The number of fused-ring (bicyclic) bond motifs is 1. The van der Waals surface area contributed by atoms with Crippen molar-refractivity contribution in [1.82, 2.24) is 10.2 Å². The molecule has 2 unspecified atom stereocenters. The summed E-state index contributed by atoms with van der Waals surface area (Å²) >= 11 is 1.17. The monoisotopic (exact) mass is 650 g/mol. The van der Waals surface area contributed by atoms with E-state index in [2.05, 4.69) is 27.8 Å². The number of likely N-dealkylation sites (tertiary alicyclic amines) is 1. The van der Waals surface area contributed by atoms with Crippen molar-refractivity contribution in [1.29, 1.82) is 0 Å².